The zero-order chi connectivity index (χ0) is 38.6. The molecule has 0 spiro atoms. The van der Waals surface area contributed by atoms with E-state index < -0.39 is 42.0 Å². The van der Waals surface area contributed by atoms with Crippen molar-refractivity contribution in [2.24, 2.45) is 0 Å². The van der Waals surface area contributed by atoms with Crippen LogP contribution in [0.15, 0.2) is 140 Å². The Morgan fingerprint density at radius 2 is 1.31 bits per heavy atom. The number of benzene rings is 5. The molecule has 1 aliphatic rings. The maximum Gasteiger partial charge on any atom is 0.410 e. The number of nitrogens with zero attached hydrogens (tertiary/aromatic N) is 2. The van der Waals surface area contributed by atoms with Crippen LogP contribution in [0.25, 0.3) is 0 Å². The van der Waals surface area contributed by atoms with Gasteiger partial charge in [0.05, 0.1) is 31.9 Å². The van der Waals surface area contributed by atoms with E-state index in [1.165, 1.54) is 17.0 Å². The van der Waals surface area contributed by atoms with Crippen molar-refractivity contribution >= 4 is 6.09 Å². The first-order chi connectivity index (χ1) is 26.6. The standard InChI is InChI=1S/C46H51FN2O6/c1-46(2,3)55-45(51)49-30-43(50)53-33-42(49)44(54-32-37-22-14-7-15-23-37)41(48(28-34-16-8-4-9-17-34)29-35-18-10-5-11-19-35)26-38-24-39(47)27-40(25-38)52-31-36-20-12-6-13-21-36/h4-25,27,41-44,50H,26,28-33H2,1-3H3/t41-,42+,43?,44-/m0/s1. The van der Waals surface area contributed by atoms with E-state index in [0.717, 1.165) is 22.3 Å². The Morgan fingerprint density at radius 3 is 1.85 bits per heavy atom. The van der Waals surface area contributed by atoms with Crippen molar-refractivity contribution in [1.82, 2.24) is 9.80 Å². The van der Waals surface area contributed by atoms with Crippen molar-refractivity contribution in [2.45, 2.75) is 83.6 Å². The van der Waals surface area contributed by atoms with Gasteiger partial charge < -0.3 is 24.1 Å². The summed E-state index contributed by atoms with van der Waals surface area (Å²) in [5.41, 5.74) is 4.00. The van der Waals surface area contributed by atoms with Crippen LogP contribution in [0, 0.1) is 5.82 Å². The van der Waals surface area contributed by atoms with Crippen LogP contribution in [0.4, 0.5) is 9.18 Å². The Labute approximate surface area is 324 Å². The summed E-state index contributed by atoms with van der Waals surface area (Å²) in [7, 11) is 0. The van der Waals surface area contributed by atoms with Crippen LogP contribution in [0.1, 0.15) is 48.6 Å². The lowest BCUT2D eigenvalue weighted by Crippen LogP contribution is -2.63. The average Bonchev–Trinajstić information content (AvgIpc) is 3.17. The topological polar surface area (TPSA) is 80.7 Å². The maximum atomic E-state index is 15.6. The SMILES string of the molecule is CC(C)(C)OC(=O)N1CC(O)OC[C@@H]1[C@@H](OCc1ccccc1)[C@H](Cc1cc(F)cc(OCc2ccccc2)c1)N(Cc1ccccc1)Cc1ccccc1. The minimum atomic E-state index is -1.20. The second kappa shape index (κ2) is 19.0. The second-order valence-corrected chi connectivity index (χ2v) is 15.0. The molecule has 288 valence electrons. The molecule has 0 saturated carbocycles. The molecule has 5 aromatic rings. The molecule has 0 aromatic heterocycles. The summed E-state index contributed by atoms with van der Waals surface area (Å²) >= 11 is 0. The first kappa shape index (κ1) is 39.6. The molecule has 8 nitrogen and oxygen atoms in total. The average molecular weight is 747 g/mol. The quantitative estimate of drug-likeness (QED) is 0.115. The fourth-order valence-corrected chi connectivity index (χ4v) is 6.89. The number of aliphatic hydroxyl groups is 1. The highest BCUT2D eigenvalue weighted by Crippen LogP contribution is 2.30. The molecule has 1 aliphatic heterocycles. The van der Waals surface area contributed by atoms with Gasteiger partial charge in [-0.15, -0.1) is 0 Å². The number of hydrogen-bond acceptors (Lipinski definition) is 7. The normalized spacial score (nSPS) is 17.1. The molecule has 0 radical (unpaired) electrons. The molecule has 1 N–H and O–H groups in total. The number of morpholine rings is 1. The molecule has 1 fully saturated rings. The molecule has 55 heavy (non-hydrogen) atoms. The molecule has 1 saturated heterocycles. The van der Waals surface area contributed by atoms with Crippen LogP contribution < -0.4 is 4.74 Å². The number of carbonyl (C=O) groups excluding carboxylic acids is 1. The van der Waals surface area contributed by atoms with Crippen molar-refractivity contribution < 1.29 is 33.2 Å². The van der Waals surface area contributed by atoms with Gasteiger partial charge in [0, 0.05) is 25.2 Å². The van der Waals surface area contributed by atoms with Gasteiger partial charge in [0.1, 0.15) is 23.8 Å². The first-order valence-corrected chi connectivity index (χ1v) is 18.8. The number of amides is 1. The zero-order valence-electron chi connectivity index (χ0n) is 31.8. The van der Waals surface area contributed by atoms with Gasteiger partial charge in [-0.3, -0.25) is 9.80 Å². The van der Waals surface area contributed by atoms with Crippen LogP contribution in [-0.4, -0.2) is 64.2 Å². The van der Waals surface area contributed by atoms with Crippen molar-refractivity contribution in [2.75, 3.05) is 13.2 Å². The van der Waals surface area contributed by atoms with Gasteiger partial charge in [0.25, 0.3) is 0 Å². The smallest absolute Gasteiger partial charge is 0.410 e. The monoisotopic (exact) mass is 746 g/mol. The van der Waals surface area contributed by atoms with Gasteiger partial charge in [0.15, 0.2) is 6.29 Å². The Morgan fingerprint density at radius 1 is 0.782 bits per heavy atom. The van der Waals surface area contributed by atoms with Gasteiger partial charge in [-0.25, -0.2) is 9.18 Å². The van der Waals surface area contributed by atoms with Gasteiger partial charge in [0.2, 0.25) is 0 Å². The van der Waals surface area contributed by atoms with Gasteiger partial charge in [-0.1, -0.05) is 121 Å². The number of hydrogen-bond donors (Lipinski definition) is 1. The van der Waals surface area contributed by atoms with E-state index in [2.05, 4.69) is 29.2 Å². The van der Waals surface area contributed by atoms with Crippen molar-refractivity contribution in [1.29, 1.82) is 0 Å². The van der Waals surface area contributed by atoms with E-state index in [0.29, 0.717) is 30.8 Å². The third kappa shape index (κ3) is 12.0. The Bertz CT molecular complexity index is 1870. The maximum absolute atomic E-state index is 15.6. The Kier molecular flexibility index (Phi) is 13.7. The third-order valence-corrected chi connectivity index (χ3v) is 9.43. The highest BCUT2D eigenvalue weighted by atomic mass is 19.1. The highest BCUT2D eigenvalue weighted by Gasteiger charge is 2.44. The van der Waals surface area contributed by atoms with Gasteiger partial charge in [-0.05, 0) is 67.1 Å². The summed E-state index contributed by atoms with van der Waals surface area (Å²) in [6, 6.07) is 43.7. The molecule has 5 aromatic carbocycles. The molecule has 9 heteroatoms. The lowest BCUT2D eigenvalue weighted by atomic mass is 9.92. The number of β-amino-alcohol motifs (C(OH)–C–C–N with tert-alkyl or cyclic N) is 1. The zero-order valence-corrected chi connectivity index (χ0v) is 31.8. The number of rotatable bonds is 15. The fourth-order valence-electron chi connectivity index (χ4n) is 6.89. The number of aliphatic hydroxyl groups excluding tert-OH is 1. The molecule has 1 amide bonds. The third-order valence-electron chi connectivity index (χ3n) is 9.43. The molecule has 4 atom stereocenters. The fraction of sp³-hybridized carbons (Fsp3) is 0.326. The summed E-state index contributed by atoms with van der Waals surface area (Å²) in [6.45, 7) is 6.91. The minimum absolute atomic E-state index is 0.00450. The summed E-state index contributed by atoms with van der Waals surface area (Å²) in [5.74, 6) is -0.00485. The van der Waals surface area contributed by atoms with Crippen molar-refractivity contribution in [3.63, 3.8) is 0 Å². The first-order valence-electron chi connectivity index (χ1n) is 18.8. The Hall–Kier alpha value is -5.06. The largest absolute Gasteiger partial charge is 0.489 e. The molecule has 0 aliphatic carbocycles. The van der Waals surface area contributed by atoms with Crippen molar-refractivity contribution in [3.8, 4) is 5.75 Å². The molecule has 1 unspecified atom stereocenters. The van der Waals surface area contributed by atoms with E-state index in [9.17, 15) is 9.90 Å². The Balaban J connectivity index is 1.45. The van der Waals surface area contributed by atoms with E-state index in [1.807, 2.05) is 124 Å². The lowest BCUT2D eigenvalue weighted by molar-refractivity contribution is -0.190. The number of ether oxygens (including phenoxy) is 4. The summed E-state index contributed by atoms with van der Waals surface area (Å²) < 4.78 is 40.5. The van der Waals surface area contributed by atoms with Gasteiger partial charge in [-0.2, -0.15) is 0 Å². The minimum Gasteiger partial charge on any atom is -0.489 e. The highest BCUT2D eigenvalue weighted by molar-refractivity contribution is 5.69. The predicted molar refractivity (Wildman–Crippen MR) is 211 cm³/mol. The van der Waals surface area contributed by atoms with Crippen LogP contribution in [-0.2, 0) is 46.9 Å². The summed E-state index contributed by atoms with van der Waals surface area (Å²) in [5, 5.41) is 10.7. The van der Waals surface area contributed by atoms with E-state index in [-0.39, 0.29) is 26.4 Å². The number of halogens is 1. The lowest BCUT2D eigenvalue weighted by Gasteiger charge is -2.46. The second-order valence-electron chi connectivity index (χ2n) is 15.0. The van der Waals surface area contributed by atoms with Gasteiger partial charge >= 0.3 is 6.09 Å². The predicted octanol–water partition coefficient (Wildman–Crippen LogP) is 8.56. The molecular formula is C46H51FN2O6. The molecule has 0 bridgehead atoms. The van der Waals surface area contributed by atoms with E-state index in [1.54, 1.807) is 0 Å². The molecule has 6 rings (SSSR count). The van der Waals surface area contributed by atoms with Crippen LogP contribution in [0.5, 0.6) is 5.75 Å². The molecule has 1 heterocycles. The van der Waals surface area contributed by atoms with Crippen molar-refractivity contribution in [3.05, 3.63) is 173 Å². The van der Waals surface area contributed by atoms with Crippen LogP contribution >= 0.6 is 0 Å². The summed E-state index contributed by atoms with van der Waals surface area (Å²) in [6.07, 6.45) is -2.15. The number of carbonyl (C=O) groups is 1. The molecular weight excluding hydrogens is 696 g/mol. The van der Waals surface area contributed by atoms with E-state index >= 15 is 4.39 Å². The van der Waals surface area contributed by atoms with Crippen LogP contribution in [0.3, 0.4) is 0 Å². The summed E-state index contributed by atoms with van der Waals surface area (Å²) in [4.78, 5) is 17.8. The van der Waals surface area contributed by atoms with Crippen LogP contribution in [0.2, 0.25) is 0 Å². The van der Waals surface area contributed by atoms with E-state index in [4.69, 9.17) is 18.9 Å².